The van der Waals surface area contributed by atoms with Crippen LogP contribution in [0, 0.1) is 11.3 Å². The number of aromatic nitrogens is 1. The Kier molecular flexibility index (Phi) is 3.85. The largest absolute Gasteiger partial charge is 0.392 e. The highest BCUT2D eigenvalue weighted by Gasteiger charge is 2.51. The topological polar surface area (TPSA) is 68.0 Å². The first kappa shape index (κ1) is 13.9. The van der Waals surface area contributed by atoms with Crippen LogP contribution in [0.4, 0.5) is 0 Å². The summed E-state index contributed by atoms with van der Waals surface area (Å²) in [6.07, 6.45) is 4.92. The van der Waals surface area contributed by atoms with Gasteiger partial charge >= 0.3 is 0 Å². The average molecular weight is 277 g/mol. The van der Waals surface area contributed by atoms with Gasteiger partial charge in [-0.05, 0) is 43.4 Å². The van der Waals surface area contributed by atoms with E-state index in [1.807, 2.05) is 19.1 Å². The van der Waals surface area contributed by atoms with Crippen molar-refractivity contribution in [2.45, 2.75) is 32.7 Å². The van der Waals surface area contributed by atoms with Crippen molar-refractivity contribution >= 4 is 23.1 Å². The van der Waals surface area contributed by atoms with Crippen molar-refractivity contribution in [3.63, 3.8) is 0 Å². The number of carbonyl (C=O) groups excluding carboxylic acids is 1. The van der Waals surface area contributed by atoms with Crippen LogP contribution in [-0.4, -0.2) is 15.9 Å². The van der Waals surface area contributed by atoms with Gasteiger partial charge in [-0.15, -0.1) is 0 Å². The van der Waals surface area contributed by atoms with Gasteiger partial charge in [-0.25, -0.2) is 0 Å². The summed E-state index contributed by atoms with van der Waals surface area (Å²) < 4.78 is 0. The van der Waals surface area contributed by atoms with Crippen molar-refractivity contribution < 1.29 is 4.79 Å². The minimum absolute atomic E-state index is 0.0533. The van der Waals surface area contributed by atoms with Gasteiger partial charge in [0.25, 0.3) is 0 Å². The smallest absolute Gasteiger partial charge is 0.233 e. The molecule has 1 fully saturated rings. The first-order valence-electron chi connectivity index (χ1n) is 6.46. The van der Waals surface area contributed by atoms with E-state index in [0.29, 0.717) is 10.9 Å². The Morgan fingerprint density at radius 2 is 2.11 bits per heavy atom. The van der Waals surface area contributed by atoms with E-state index < -0.39 is 5.41 Å². The number of hydrogen-bond acceptors (Lipinski definition) is 3. The lowest BCUT2D eigenvalue weighted by Crippen LogP contribution is -2.56. The lowest BCUT2D eigenvalue weighted by molar-refractivity contribution is -0.133. The Balaban J connectivity index is 2.07. The van der Waals surface area contributed by atoms with Gasteiger partial charge in [0, 0.05) is 12.4 Å². The number of carbonyl (C=O) groups is 1. The highest BCUT2D eigenvalue weighted by molar-refractivity contribution is 7.80. The fourth-order valence-corrected chi connectivity index (χ4v) is 2.96. The van der Waals surface area contributed by atoms with Crippen LogP contribution < -0.4 is 11.1 Å². The number of hydrogen-bond donors (Lipinski definition) is 2. The number of nitrogens with two attached hydrogens (primary N) is 1. The molecule has 1 unspecified atom stereocenters. The molecule has 4 nitrogen and oxygen atoms in total. The summed E-state index contributed by atoms with van der Waals surface area (Å²) in [6.45, 7) is 4.05. The highest BCUT2D eigenvalue weighted by Crippen LogP contribution is 2.46. The maximum atomic E-state index is 12.4. The molecule has 102 valence electrons. The van der Waals surface area contributed by atoms with Crippen molar-refractivity contribution in [1.29, 1.82) is 0 Å². The molecule has 19 heavy (non-hydrogen) atoms. The SMILES string of the molecule is CC1CC(C(=O)NC(C)c2ccncc2)(C(N)=S)C1. The second-order valence-corrected chi connectivity index (χ2v) is 5.88. The van der Waals surface area contributed by atoms with Crippen LogP contribution in [0.2, 0.25) is 0 Å². The van der Waals surface area contributed by atoms with Crippen LogP contribution in [0.1, 0.15) is 38.3 Å². The lowest BCUT2D eigenvalue weighted by atomic mass is 9.62. The zero-order valence-corrected chi connectivity index (χ0v) is 12.0. The first-order valence-corrected chi connectivity index (χ1v) is 6.87. The van der Waals surface area contributed by atoms with Crippen LogP contribution in [0.3, 0.4) is 0 Å². The fraction of sp³-hybridized carbons (Fsp3) is 0.500. The predicted molar refractivity (Wildman–Crippen MR) is 78.4 cm³/mol. The van der Waals surface area contributed by atoms with Crippen LogP contribution in [0.5, 0.6) is 0 Å². The van der Waals surface area contributed by atoms with Gasteiger partial charge in [0.2, 0.25) is 5.91 Å². The van der Waals surface area contributed by atoms with Crippen LogP contribution in [0.25, 0.3) is 0 Å². The van der Waals surface area contributed by atoms with Gasteiger partial charge < -0.3 is 11.1 Å². The summed E-state index contributed by atoms with van der Waals surface area (Å²) in [5, 5.41) is 3.01. The zero-order chi connectivity index (χ0) is 14.0. The molecule has 1 aliphatic rings. The maximum absolute atomic E-state index is 12.4. The molecular formula is C14H19N3OS. The minimum Gasteiger partial charge on any atom is -0.392 e. The number of nitrogens with zero attached hydrogens (tertiary/aromatic N) is 1. The third kappa shape index (κ3) is 2.61. The molecular weight excluding hydrogens is 258 g/mol. The lowest BCUT2D eigenvalue weighted by Gasteiger charge is -2.44. The van der Waals surface area contributed by atoms with Crippen molar-refractivity contribution in [1.82, 2.24) is 10.3 Å². The Labute approximate surface area is 118 Å². The molecule has 0 aliphatic heterocycles. The van der Waals surface area contributed by atoms with Crippen LogP contribution >= 0.6 is 12.2 Å². The Bertz CT molecular complexity index is 483. The third-order valence-corrected chi connectivity index (χ3v) is 4.24. The van der Waals surface area contributed by atoms with E-state index in [-0.39, 0.29) is 11.9 Å². The first-order chi connectivity index (χ1) is 8.95. The van der Waals surface area contributed by atoms with E-state index in [9.17, 15) is 4.79 Å². The van der Waals surface area contributed by atoms with Gasteiger partial charge in [0.15, 0.2) is 0 Å². The van der Waals surface area contributed by atoms with E-state index in [4.69, 9.17) is 18.0 Å². The highest BCUT2D eigenvalue weighted by atomic mass is 32.1. The summed E-state index contributed by atoms with van der Waals surface area (Å²) in [4.78, 5) is 16.7. The summed E-state index contributed by atoms with van der Waals surface area (Å²) in [6, 6.07) is 3.71. The van der Waals surface area contributed by atoms with E-state index in [1.54, 1.807) is 12.4 Å². The molecule has 0 aromatic carbocycles. The third-order valence-electron chi connectivity index (χ3n) is 3.85. The molecule has 1 amide bonds. The minimum atomic E-state index is -0.643. The zero-order valence-electron chi connectivity index (χ0n) is 11.2. The number of amides is 1. The fourth-order valence-electron chi connectivity index (χ4n) is 2.70. The summed E-state index contributed by atoms with van der Waals surface area (Å²) in [5.41, 5.74) is 6.15. The molecule has 2 rings (SSSR count). The summed E-state index contributed by atoms with van der Waals surface area (Å²) in [5.74, 6) is 0.450. The van der Waals surface area contributed by atoms with Gasteiger partial charge in [-0.3, -0.25) is 9.78 Å². The quantitative estimate of drug-likeness (QED) is 0.826. The number of pyridine rings is 1. The maximum Gasteiger partial charge on any atom is 0.233 e. The van der Waals surface area contributed by atoms with Gasteiger partial charge in [-0.2, -0.15) is 0 Å². The molecule has 1 saturated carbocycles. The normalized spacial score (nSPS) is 27.2. The molecule has 1 aliphatic carbocycles. The van der Waals surface area contributed by atoms with E-state index in [1.165, 1.54) is 0 Å². The number of rotatable bonds is 4. The number of thiocarbonyl (C=S) groups is 1. The van der Waals surface area contributed by atoms with Crippen molar-refractivity contribution in [2.24, 2.45) is 17.1 Å². The summed E-state index contributed by atoms with van der Waals surface area (Å²) in [7, 11) is 0. The average Bonchev–Trinajstić information content (AvgIpc) is 2.35. The van der Waals surface area contributed by atoms with Gasteiger partial charge in [0.1, 0.15) is 0 Å². The Hall–Kier alpha value is -1.49. The molecule has 0 spiro atoms. The van der Waals surface area contributed by atoms with Crippen LogP contribution in [-0.2, 0) is 4.79 Å². The van der Waals surface area contributed by atoms with Gasteiger partial charge in [0.05, 0.1) is 16.4 Å². The summed E-state index contributed by atoms with van der Waals surface area (Å²) >= 11 is 5.09. The molecule has 1 atom stereocenters. The van der Waals surface area contributed by atoms with E-state index in [2.05, 4.69) is 17.2 Å². The van der Waals surface area contributed by atoms with Crippen molar-refractivity contribution in [3.8, 4) is 0 Å². The molecule has 1 heterocycles. The predicted octanol–water partition coefficient (Wildman–Crippen LogP) is 1.96. The van der Waals surface area contributed by atoms with E-state index >= 15 is 0 Å². The molecule has 5 heteroatoms. The van der Waals surface area contributed by atoms with E-state index in [0.717, 1.165) is 18.4 Å². The van der Waals surface area contributed by atoms with Crippen molar-refractivity contribution in [2.75, 3.05) is 0 Å². The monoisotopic (exact) mass is 277 g/mol. The molecule has 0 bridgehead atoms. The van der Waals surface area contributed by atoms with Crippen molar-refractivity contribution in [3.05, 3.63) is 30.1 Å². The molecule has 0 saturated heterocycles. The molecule has 1 aromatic rings. The Morgan fingerprint density at radius 1 is 1.53 bits per heavy atom. The molecule has 0 radical (unpaired) electrons. The van der Waals surface area contributed by atoms with Gasteiger partial charge in [-0.1, -0.05) is 19.1 Å². The second kappa shape index (κ2) is 5.25. The standard InChI is InChI=1S/C14H19N3OS/c1-9-7-14(8-9,12(15)19)13(18)17-10(2)11-3-5-16-6-4-11/h3-6,9-10H,7-8H2,1-2H3,(H2,15,19)(H,17,18). The number of nitrogens with one attached hydrogen (secondary N) is 1. The Morgan fingerprint density at radius 3 is 2.58 bits per heavy atom. The molecule has 3 N–H and O–H groups in total. The second-order valence-electron chi connectivity index (χ2n) is 5.44. The molecule has 1 aromatic heterocycles. The van der Waals surface area contributed by atoms with Crippen LogP contribution in [0.15, 0.2) is 24.5 Å².